The SMILES string of the molecule is CO[C@H]1C(OP(OCCC#N)N(C(C)C)C(C)C)[C@@H](CON(C/C=C(\C)CCC=C(C)C)C/C=C(\C)CCC=C(C)C)O[C@H]1n1ccc(=O)[nH]c1=O. The van der Waals surface area contributed by atoms with E-state index in [2.05, 4.69) is 109 Å². The maximum absolute atomic E-state index is 13.0. The first-order valence-corrected chi connectivity index (χ1v) is 19.5. The van der Waals surface area contributed by atoms with Gasteiger partial charge in [0.1, 0.15) is 18.3 Å². The second-order valence-corrected chi connectivity index (χ2v) is 15.7. The van der Waals surface area contributed by atoms with Crippen LogP contribution >= 0.6 is 8.53 Å². The van der Waals surface area contributed by atoms with Gasteiger partial charge in [0.25, 0.3) is 14.1 Å². The van der Waals surface area contributed by atoms with Crippen LogP contribution in [0.3, 0.4) is 0 Å². The quantitative estimate of drug-likeness (QED) is 0.0514. The summed E-state index contributed by atoms with van der Waals surface area (Å²) in [7, 11) is -0.146. The predicted molar refractivity (Wildman–Crippen MR) is 208 cm³/mol. The van der Waals surface area contributed by atoms with Crippen LogP contribution in [0.4, 0.5) is 0 Å². The van der Waals surface area contributed by atoms with Gasteiger partial charge in [-0.05, 0) is 94.9 Å². The van der Waals surface area contributed by atoms with Crippen LogP contribution in [0, 0.1) is 11.3 Å². The minimum Gasteiger partial charge on any atom is -0.374 e. The van der Waals surface area contributed by atoms with E-state index in [-0.39, 0.29) is 31.7 Å². The first-order valence-electron chi connectivity index (χ1n) is 18.4. The summed E-state index contributed by atoms with van der Waals surface area (Å²) in [6, 6.07) is 3.55. The van der Waals surface area contributed by atoms with Crippen LogP contribution in [0.2, 0.25) is 0 Å². The first-order chi connectivity index (χ1) is 24.7. The third kappa shape index (κ3) is 15.7. The van der Waals surface area contributed by atoms with Crippen molar-refractivity contribution in [2.75, 3.05) is 33.4 Å². The Morgan fingerprint density at radius 1 is 0.962 bits per heavy atom. The van der Waals surface area contributed by atoms with Gasteiger partial charge in [-0.2, -0.15) is 10.3 Å². The number of methoxy groups -OCH3 is 1. The van der Waals surface area contributed by atoms with Crippen LogP contribution in [0.25, 0.3) is 0 Å². The van der Waals surface area contributed by atoms with Crippen LogP contribution < -0.4 is 11.2 Å². The number of rotatable bonds is 23. The molecule has 1 aromatic heterocycles. The number of allylic oxidation sites excluding steroid dienone is 6. The minimum absolute atomic E-state index is 0.0674. The van der Waals surface area contributed by atoms with Crippen molar-refractivity contribution in [3.8, 4) is 6.07 Å². The highest BCUT2D eigenvalue weighted by Gasteiger charge is 2.50. The molecule has 1 aliphatic heterocycles. The van der Waals surface area contributed by atoms with Crippen molar-refractivity contribution in [3.63, 3.8) is 0 Å². The highest BCUT2D eigenvalue weighted by atomic mass is 31.2. The molecule has 0 spiro atoms. The Morgan fingerprint density at radius 3 is 2.02 bits per heavy atom. The van der Waals surface area contributed by atoms with Gasteiger partial charge in [-0.25, -0.2) is 9.46 Å². The number of aromatic amines is 1. The smallest absolute Gasteiger partial charge is 0.330 e. The summed E-state index contributed by atoms with van der Waals surface area (Å²) in [6.07, 6.45) is 11.3. The molecule has 1 N–H and O–H groups in total. The van der Waals surface area contributed by atoms with Crippen LogP contribution in [0.1, 0.15) is 108 Å². The molecule has 2 rings (SSSR count). The molecule has 0 aromatic carbocycles. The molecule has 1 aromatic rings. The van der Waals surface area contributed by atoms with Gasteiger partial charge < -0.3 is 18.5 Å². The van der Waals surface area contributed by atoms with Crippen molar-refractivity contribution in [1.29, 1.82) is 5.26 Å². The second-order valence-electron chi connectivity index (χ2n) is 14.3. The lowest BCUT2D eigenvalue weighted by molar-refractivity contribution is -0.181. The van der Waals surface area contributed by atoms with E-state index < -0.39 is 44.3 Å². The number of hydrogen-bond donors (Lipinski definition) is 1. The van der Waals surface area contributed by atoms with E-state index in [1.165, 1.54) is 46.2 Å². The molecule has 292 valence electrons. The number of H-pyrrole nitrogens is 1. The molecule has 52 heavy (non-hydrogen) atoms. The summed E-state index contributed by atoms with van der Waals surface area (Å²) in [5.41, 5.74) is 4.02. The Kier molecular flexibility index (Phi) is 20.8. The maximum Gasteiger partial charge on any atom is 0.330 e. The van der Waals surface area contributed by atoms with Crippen LogP contribution in [0.15, 0.2) is 68.4 Å². The Hall–Kier alpha value is -2.72. The Bertz CT molecular complexity index is 1450. The second kappa shape index (κ2) is 23.8. The molecular formula is C39H64N5O7P. The molecule has 0 aliphatic carbocycles. The molecule has 2 unspecified atom stereocenters. The number of ether oxygens (including phenoxy) is 2. The lowest BCUT2D eigenvalue weighted by Crippen LogP contribution is -2.42. The fourth-order valence-corrected chi connectivity index (χ4v) is 7.49. The van der Waals surface area contributed by atoms with E-state index in [9.17, 15) is 14.9 Å². The average molecular weight is 746 g/mol. The van der Waals surface area contributed by atoms with Crippen molar-refractivity contribution < 1.29 is 23.4 Å². The standard InChI is InChI=1S/C39H64N5O7P/c1-28(2)15-12-17-32(9)19-23-42(24-20-33(10)18-13-16-29(3)4)48-27-34-36(51-52(49-26-14-22-40)44(30(5)6)31(7)8)37(47-11)38(50-34)43-25-21-35(45)41-39(43)46/h15-16,19-21,25,30-31,34,36-38H,12-14,17-18,23-24,26-27H2,1-11H3,(H,41,45,46)/b32-19+,33-20+/t34-,36?,37+,38-,52?/m1/s1. The van der Waals surface area contributed by atoms with Gasteiger partial charge in [-0.1, -0.05) is 46.6 Å². The zero-order valence-electron chi connectivity index (χ0n) is 33.4. The van der Waals surface area contributed by atoms with Gasteiger partial charge in [-0.3, -0.25) is 19.2 Å². The zero-order valence-corrected chi connectivity index (χ0v) is 34.3. The summed E-state index contributed by atoms with van der Waals surface area (Å²) in [6.45, 7) is 22.4. The van der Waals surface area contributed by atoms with Crippen molar-refractivity contribution in [2.24, 2.45) is 0 Å². The van der Waals surface area contributed by atoms with Crippen molar-refractivity contribution in [2.45, 2.75) is 138 Å². The van der Waals surface area contributed by atoms with Crippen molar-refractivity contribution in [3.05, 3.63) is 79.7 Å². The largest absolute Gasteiger partial charge is 0.374 e. The summed E-state index contributed by atoms with van der Waals surface area (Å²) in [5.74, 6) is 0. The predicted octanol–water partition coefficient (Wildman–Crippen LogP) is 7.73. The molecule has 0 bridgehead atoms. The van der Waals surface area contributed by atoms with E-state index in [1.807, 2.05) is 5.06 Å². The lowest BCUT2D eigenvalue weighted by Gasteiger charge is -2.38. The number of nitrogens with one attached hydrogen (secondary N) is 1. The molecule has 1 fully saturated rings. The Labute approximate surface area is 313 Å². The number of hydrogen-bond acceptors (Lipinski definition) is 10. The third-order valence-electron chi connectivity index (χ3n) is 8.45. The fraction of sp³-hybridized carbons (Fsp3) is 0.667. The molecule has 2 heterocycles. The summed E-state index contributed by atoms with van der Waals surface area (Å²) < 4.78 is 29.0. The molecular weight excluding hydrogens is 681 g/mol. The minimum atomic E-state index is -1.68. The maximum atomic E-state index is 13.0. The Balaban J connectivity index is 2.47. The fourth-order valence-electron chi connectivity index (χ4n) is 5.73. The molecule has 13 heteroatoms. The van der Waals surface area contributed by atoms with Gasteiger partial charge in [0.15, 0.2) is 6.23 Å². The summed E-state index contributed by atoms with van der Waals surface area (Å²) in [5, 5.41) is 11.2. The monoisotopic (exact) mass is 745 g/mol. The Morgan fingerprint density at radius 2 is 1.54 bits per heavy atom. The number of aromatic nitrogens is 2. The van der Waals surface area contributed by atoms with Gasteiger partial charge in [0.05, 0.1) is 25.7 Å². The first kappa shape index (κ1) is 45.4. The van der Waals surface area contributed by atoms with E-state index in [1.54, 1.807) is 0 Å². The summed E-state index contributed by atoms with van der Waals surface area (Å²) >= 11 is 0. The highest BCUT2D eigenvalue weighted by molar-refractivity contribution is 7.44. The van der Waals surface area contributed by atoms with Crippen LogP contribution in [0.5, 0.6) is 0 Å². The molecule has 0 radical (unpaired) electrons. The highest BCUT2D eigenvalue weighted by Crippen LogP contribution is 2.50. The van der Waals surface area contributed by atoms with Gasteiger partial charge in [0, 0.05) is 44.5 Å². The molecule has 12 nitrogen and oxygen atoms in total. The van der Waals surface area contributed by atoms with Gasteiger partial charge >= 0.3 is 5.69 Å². The van der Waals surface area contributed by atoms with Crippen molar-refractivity contribution >= 4 is 8.53 Å². The summed E-state index contributed by atoms with van der Waals surface area (Å²) in [4.78, 5) is 33.8. The topological polar surface area (TPSA) is 131 Å². The molecule has 1 saturated heterocycles. The number of hydroxylamine groups is 2. The number of nitriles is 1. The van der Waals surface area contributed by atoms with Gasteiger partial charge in [-0.15, -0.1) is 0 Å². The van der Waals surface area contributed by atoms with E-state index in [4.69, 9.17) is 23.4 Å². The van der Waals surface area contributed by atoms with Crippen molar-refractivity contribution in [1.82, 2.24) is 19.3 Å². The lowest BCUT2D eigenvalue weighted by atomic mass is 10.1. The normalized spacial score (nSPS) is 20.2. The van der Waals surface area contributed by atoms with Crippen LogP contribution in [-0.2, 0) is 23.4 Å². The average Bonchev–Trinajstić information content (AvgIpc) is 3.40. The van der Waals surface area contributed by atoms with Gasteiger partial charge in [0.2, 0.25) is 0 Å². The van der Waals surface area contributed by atoms with Crippen LogP contribution in [-0.4, -0.2) is 83.1 Å². The van der Waals surface area contributed by atoms with E-state index >= 15 is 0 Å². The molecule has 0 saturated carbocycles. The molecule has 1 aliphatic rings. The van der Waals surface area contributed by atoms with E-state index in [0.717, 1.165) is 25.7 Å². The molecule has 5 atom stereocenters. The van der Waals surface area contributed by atoms with E-state index in [0.29, 0.717) is 13.1 Å². The molecule has 0 amide bonds. The number of nitrogens with zero attached hydrogens (tertiary/aromatic N) is 4. The third-order valence-corrected chi connectivity index (χ3v) is 10.6. The zero-order chi connectivity index (χ0) is 38.8.